The lowest BCUT2D eigenvalue weighted by molar-refractivity contribution is -0.178. The second-order valence-electron chi connectivity index (χ2n) is 11.8. The van der Waals surface area contributed by atoms with Gasteiger partial charge in [0, 0.05) is 29.8 Å². The molecule has 4 rings (SSSR count). The van der Waals surface area contributed by atoms with E-state index in [9.17, 15) is 31.9 Å². The Morgan fingerprint density at radius 1 is 0.977 bits per heavy atom. The van der Waals surface area contributed by atoms with E-state index in [1.54, 1.807) is 63.2 Å². The van der Waals surface area contributed by atoms with Crippen LogP contribution in [-0.4, -0.2) is 34.5 Å². The van der Waals surface area contributed by atoms with Crippen LogP contribution in [0, 0.1) is 11.7 Å². The number of carbonyl (C=O) groups is 3. The Balaban J connectivity index is 1.47. The minimum absolute atomic E-state index is 0.0928. The molecule has 228 valence electrons. The summed E-state index contributed by atoms with van der Waals surface area (Å²) in [7, 11) is 0. The van der Waals surface area contributed by atoms with Gasteiger partial charge in [0.05, 0.1) is 18.4 Å². The second-order valence-corrected chi connectivity index (χ2v) is 11.8. The van der Waals surface area contributed by atoms with Crippen molar-refractivity contribution in [2.45, 2.75) is 71.3 Å². The number of nitrogens with zero attached hydrogens (tertiary/aromatic N) is 1. The number of aryl methyl sites for hydroxylation is 1. The molecule has 0 aliphatic carbocycles. The van der Waals surface area contributed by atoms with Gasteiger partial charge in [0.25, 0.3) is 5.91 Å². The van der Waals surface area contributed by atoms with Gasteiger partial charge < -0.3 is 15.0 Å². The van der Waals surface area contributed by atoms with Crippen molar-refractivity contribution in [3.05, 3.63) is 100 Å². The molecular weight excluding hydrogens is 564 g/mol. The molecule has 10 heteroatoms. The van der Waals surface area contributed by atoms with Crippen LogP contribution in [0.3, 0.4) is 0 Å². The number of hydrogen-bond donors (Lipinski definition) is 1. The van der Waals surface area contributed by atoms with E-state index in [1.165, 1.54) is 29.2 Å². The number of anilines is 1. The third-order valence-electron chi connectivity index (χ3n) is 7.23. The molecule has 3 aromatic carbocycles. The Bertz CT molecular complexity index is 1500. The summed E-state index contributed by atoms with van der Waals surface area (Å²) in [5, 5.41) is 2.61. The van der Waals surface area contributed by atoms with E-state index in [0.29, 0.717) is 34.4 Å². The molecule has 1 heterocycles. The number of rotatable bonds is 9. The van der Waals surface area contributed by atoms with Gasteiger partial charge in [-0.25, -0.2) is 4.39 Å². The molecule has 6 nitrogen and oxygen atoms in total. The molecule has 0 aromatic heterocycles. The first-order valence-electron chi connectivity index (χ1n) is 14.0. The second kappa shape index (κ2) is 12.6. The van der Waals surface area contributed by atoms with Gasteiger partial charge in [0.1, 0.15) is 11.4 Å². The Morgan fingerprint density at radius 2 is 1.65 bits per heavy atom. The maximum Gasteiger partial charge on any atom is 0.392 e. The Morgan fingerprint density at radius 3 is 2.28 bits per heavy atom. The van der Waals surface area contributed by atoms with E-state index < -0.39 is 35.3 Å². The predicted molar refractivity (Wildman–Crippen MR) is 154 cm³/mol. The monoisotopic (exact) mass is 598 g/mol. The zero-order valence-electron chi connectivity index (χ0n) is 24.4. The highest BCUT2D eigenvalue weighted by Gasteiger charge is 2.45. The molecule has 1 aliphatic heterocycles. The molecule has 43 heavy (non-hydrogen) atoms. The lowest BCUT2D eigenvalue weighted by Crippen LogP contribution is -2.34. The van der Waals surface area contributed by atoms with Crippen molar-refractivity contribution >= 4 is 23.5 Å². The van der Waals surface area contributed by atoms with Gasteiger partial charge >= 0.3 is 12.1 Å². The Labute approximate surface area is 248 Å². The Hall–Kier alpha value is -4.21. The fourth-order valence-electron chi connectivity index (χ4n) is 5.05. The minimum atomic E-state index is -4.65. The zero-order valence-corrected chi connectivity index (χ0v) is 24.4. The topological polar surface area (TPSA) is 75.7 Å². The van der Waals surface area contributed by atoms with E-state index >= 15 is 0 Å². The van der Waals surface area contributed by atoms with Crippen molar-refractivity contribution in [2.75, 3.05) is 5.32 Å². The summed E-state index contributed by atoms with van der Waals surface area (Å²) in [5.74, 6) is -5.54. The van der Waals surface area contributed by atoms with Gasteiger partial charge in [-0.2, -0.15) is 13.2 Å². The number of carbonyl (C=O) groups excluding carboxylic acids is 3. The molecule has 0 fully saturated rings. The molecule has 1 N–H and O–H groups in total. The van der Waals surface area contributed by atoms with Crippen LogP contribution < -0.4 is 5.32 Å². The molecule has 0 saturated heterocycles. The van der Waals surface area contributed by atoms with Gasteiger partial charge in [-0.15, -0.1) is 0 Å². The number of benzene rings is 3. The number of fused-ring (bicyclic) bond motifs is 1. The SMILES string of the molecule is C[C@H]([C@H](C(=O)Nc1cccc(CCC(=O)OC(C)(C)C)c1)c1ccc(CN2Cc3c(F)cccc3C2=O)cc1)C(F)(F)F. The van der Waals surface area contributed by atoms with Crippen LogP contribution in [0.15, 0.2) is 66.7 Å². The number of amides is 2. The van der Waals surface area contributed by atoms with Gasteiger partial charge in [0.15, 0.2) is 0 Å². The van der Waals surface area contributed by atoms with Gasteiger partial charge in [-0.1, -0.05) is 49.4 Å². The number of hydrogen-bond acceptors (Lipinski definition) is 4. The molecule has 1 aliphatic rings. The molecule has 0 radical (unpaired) electrons. The fraction of sp³-hybridized carbons (Fsp3) is 0.364. The van der Waals surface area contributed by atoms with Crippen LogP contribution in [0.4, 0.5) is 23.2 Å². The molecule has 0 saturated carbocycles. The summed E-state index contributed by atoms with van der Waals surface area (Å²) in [5.41, 5.74) is 1.80. The molecule has 3 aromatic rings. The molecule has 2 amide bonds. The maximum absolute atomic E-state index is 14.1. The van der Waals surface area contributed by atoms with Crippen molar-refractivity contribution in [1.29, 1.82) is 0 Å². The summed E-state index contributed by atoms with van der Waals surface area (Å²) < 4.78 is 61.1. The number of nitrogens with one attached hydrogen (secondary N) is 1. The average Bonchev–Trinajstić information content (AvgIpc) is 3.23. The number of ether oxygens (including phenoxy) is 1. The van der Waals surface area contributed by atoms with Crippen molar-refractivity contribution in [1.82, 2.24) is 4.90 Å². The molecule has 2 atom stereocenters. The molecular formula is C33H34F4N2O4. The van der Waals surface area contributed by atoms with E-state index in [2.05, 4.69) is 5.32 Å². The first-order valence-corrected chi connectivity index (χ1v) is 14.0. The lowest BCUT2D eigenvalue weighted by Gasteiger charge is -2.26. The smallest absolute Gasteiger partial charge is 0.392 e. The highest BCUT2D eigenvalue weighted by Crippen LogP contribution is 2.38. The molecule has 0 unspecified atom stereocenters. The van der Waals surface area contributed by atoms with Crippen LogP contribution in [0.25, 0.3) is 0 Å². The predicted octanol–water partition coefficient (Wildman–Crippen LogP) is 7.18. The van der Waals surface area contributed by atoms with E-state index in [0.717, 1.165) is 6.92 Å². The van der Waals surface area contributed by atoms with Crippen LogP contribution in [0.2, 0.25) is 0 Å². The summed E-state index contributed by atoms with van der Waals surface area (Å²) in [6.45, 7) is 6.49. The van der Waals surface area contributed by atoms with Gasteiger partial charge in [-0.05, 0) is 68.1 Å². The zero-order chi connectivity index (χ0) is 31.5. The number of alkyl halides is 3. The Kier molecular flexibility index (Phi) is 9.27. The first-order chi connectivity index (χ1) is 20.1. The number of esters is 1. The summed E-state index contributed by atoms with van der Waals surface area (Å²) in [6.07, 6.45) is -4.20. The van der Waals surface area contributed by atoms with Crippen LogP contribution in [0.1, 0.15) is 72.6 Å². The maximum atomic E-state index is 14.1. The largest absolute Gasteiger partial charge is 0.460 e. The van der Waals surface area contributed by atoms with E-state index in [-0.39, 0.29) is 37.0 Å². The third kappa shape index (κ3) is 8.00. The van der Waals surface area contributed by atoms with Crippen molar-refractivity contribution in [3.63, 3.8) is 0 Å². The first kappa shape index (κ1) is 31.7. The number of halogens is 4. The highest BCUT2D eigenvalue weighted by molar-refractivity contribution is 5.98. The van der Waals surface area contributed by atoms with E-state index in [4.69, 9.17) is 4.74 Å². The third-order valence-corrected chi connectivity index (χ3v) is 7.23. The standard InChI is InChI=1S/C33H34F4N2O4/c1-20(33(35,36)37)29(30(41)38-24-8-5-7-21(17-24)13-16-28(40)43-32(2,3)4)23-14-11-22(12-15-23)18-39-19-26-25(31(39)42)9-6-10-27(26)34/h5-12,14-15,17,20,29H,13,16,18-19H2,1-4H3,(H,38,41)/t20-,29+/m1/s1. The lowest BCUT2D eigenvalue weighted by atomic mass is 9.85. The highest BCUT2D eigenvalue weighted by atomic mass is 19.4. The quantitative estimate of drug-likeness (QED) is 0.209. The van der Waals surface area contributed by atoms with E-state index in [1.807, 2.05) is 0 Å². The minimum Gasteiger partial charge on any atom is -0.460 e. The summed E-state index contributed by atoms with van der Waals surface area (Å²) in [4.78, 5) is 39.6. The normalized spacial score (nSPS) is 14.7. The van der Waals surface area contributed by atoms with Crippen LogP contribution in [0.5, 0.6) is 0 Å². The van der Waals surface area contributed by atoms with Gasteiger partial charge in [-0.3, -0.25) is 14.4 Å². The summed E-state index contributed by atoms with van der Waals surface area (Å²) >= 11 is 0. The van der Waals surface area contributed by atoms with Gasteiger partial charge in [0.2, 0.25) is 5.91 Å². The van der Waals surface area contributed by atoms with Crippen LogP contribution in [-0.2, 0) is 33.8 Å². The van der Waals surface area contributed by atoms with Crippen molar-refractivity contribution in [2.24, 2.45) is 5.92 Å². The van der Waals surface area contributed by atoms with Crippen molar-refractivity contribution in [3.8, 4) is 0 Å². The fourth-order valence-corrected chi connectivity index (χ4v) is 5.05. The van der Waals surface area contributed by atoms with Crippen LogP contribution >= 0.6 is 0 Å². The summed E-state index contributed by atoms with van der Waals surface area (Å²) in [6, 6.07) is 17.0. The average molecular weight is 599 g/mol. The molecule has 0 bridgehead atoms. The van der Waals surface area contributed by atoms with Crippen molar-refractivity contribution < 1.29 is 36.7 Å². The molecule has 0 spiro atoms.